The van der Waals surface area contributed by atoms with Crippen LogP contribution in [0.3, 0.4) is 0 Å². The van der Waals surface area contributed by atoms with E-state index in [0.717, 1.165) is 15.6 Å². The molecule has 0 bridgehead atoms. The Hall–Kier alpha value is -2.64. The maximum absolute atomic E-state index is 14.6. The Balaban J connectivity index is 1.85. The van der Waals surface area contributed by atoms with E-state index in [-0.39, 0.29) is 30.2 Å². The number of halogens is 2. The molecule has 3 aromatic rings. The van der Waals surface area contributed by atoms with Crippen LogP contribution in [0.4, 0.5) is 4.39 Å². The topological polar surface area (TPSA) is 49.4 Å². The van der Waals surface area contributed by atoms with Crippen LogP contribution in [0.25, 0.3) is 0 Å². The van der Waals surface area contributed by atoms with Crippen molar-refractivity contribution in [2.24, 2.45) is 0 Å². The summed E-state index contributed by atoms with van der Waals surface area (Å²) in [6, 6.07) is 23.1. The van der Waals surface area contributed by atoms with E-state index in [2.05, 4.69) is 21.2 Å². The average molecular weight is 558 g/mol. The molecule has 0 saturated heterocycles. The molecule has 0 aliphatic rings. The Morgan fingerprint density at radius 3 is 2.26 bits per heavy atom. The van der Waals surface area contributed by atoms with Gasteiger partial charge in [0, 0.05) is 34.8 Å². The van der Waals surface area contributed by atoms with Crippen LogP contribution in [0.2, 0.25) is 0 Å². The molecule has 0 aliphatic carbocycles. The zero-order valence-corrected chi connectivity index (χ0v) is 22.3. The molecule has 35 heavy (non-hydrogen) atoms. The molecule has 1 atom stereocenters. The van der Waals surface area contributed by atoms with Gasteiger partial charge in [-0.15, -0.1) is 11.8 Å². The van der Waals surface area contributed by atoms with Crippen molar-refractivity contribution in [1.29, 1.82) is 0 Å². The molecule has 0 heterocycles. The maximum Gasteiger partial charge on any atom is 0.243 e. The zero-order valence-electron chi connectivity index (χ0n) is 19.9. The van der Waals surface area contributed by atoms with Crippen LogP contribution in [0, 0.1) is 5.82 Å². The summed E-state index contributed by atoms with van der Waals surface area (Å²) in [6.45, 7) is 3.79. The van der Waals surface area contributed by atoms with E-state index in [9.17, 15) is 14.0 Å². The van der Waals surface area contributed by atoms with Gasteiger partial charge in [-0.05, 0) is 43.2 Å². The highest BCUT2D eigenvalue weighted by Gasteiger charge is 2.31. The molecule has 0 saturated carbocycles. The van der Waals surface area contributed by atoms with Gasteiger partial charge < -0.3 is 10.2 Å². The van der Waals surface area contributed by atoms with Crippen molar-refractivity contribution >= 4 is 39.5 Å². The first kappa shape index (κ1) is 27.0. The lowest BCUT2D eigenvalue weighted by molar-refractivity contribution is -0.139. The third-order valence-corrected chi connectivity index (χ3v) is 6.93. The molecule has 3 rings (SSSR count). The summed E-state index contributed by atoms with van der Waals surface area (Å²) in [5.74, 6) is 0.0102. The number of nitrogens with one attached hydrogen (secondary N) is 1. The highest BCUT2D eigenvalue weighted by atomic mass is 79.9. The minimum Gasteiger partial charge on any atom is -0.352 e. The summed E-state index contributed by atoms with van der Waals surface area (Å²) >= 11 is 4.91. The van der Waals surface area contributed by atoms with E-state index in [1.807, 2.05) is 68.4 Å². The molecule has 0 fully saturated rings. The third-order valence-electron chi connectivity index (χ3n) is 5.41. The molecule has 3 aromatic carbocycles. The minimum absolute atomic E-state index is 0.0212. The van der Waals surface area contributed by atoms with Crippen molar-refractivity contribution in [2.45, 2.75) is 44.6 Å². The number of thioether (sulfide) groups is 1. The second-order valence-corrected chi connectivity index (χ2v) is 10.5. The number of rotatable bonds is 11. The summed E-state index contributed by atoms with van der Waals surface area (Å²) in [6.07, 6.45) is 0.344. The normalized spacial score (nSPS) is 11.8. The fourth-order valence-electron chi connectivity index (χ4n) is 3.66. The zero-order chi connectivity index (χ0) is 25.2. The van der Waals surface area contributed by atoms with Crippen molar-refractivity contribution in [3.05, 3.63) is 106 Å². The fourth-order valence-corrected chi connectivity index (χ4v) is 4.80. The van der Waals surface area contributed by atoms with E-state index in [4.69, 9.17) is 0 Å². The van der Waals surface area contributed by atoms with Gasteiger partial charge in [-0.25, -0.2) is 4.39 Å². The highest BCUT2D eigenvalue weighted by molar-refractivity contribution is 9.10. The number of amides is 2. The molecule has 1 N–H and O–H groups in total. The Kier molecular flexibility index (Phi) is 10.4. The Bertz CT molecular complexity index is 1110. The van der Waals surface area contributed by atoms with E-state index in [1.54, 1.807) is 18.2 Å². The van der Waals surface area contributed by atoms with E-state index in [1.165, 1.54) is 22.7 Å². The molecule has 0 radical (unpaired) electrons. The van der Waals surface area contributed by atoms with Crippen LogP contribution in [0.1, 0.15) is 30.5 Å². The number of benzene rings is 3. The molecule has 4 nitrogen and oxygen atoms in total. The molecule has 0 unspecified atom stereocenters. The lowest BCUT2D eigenvalue weighted by atomic mass is 10.0. The van der Waals surface area contributed by atoms with Gasteiger partial charge in [0.1, 0.15) is 11.9 Å². The van der Waals surface area contributed by atoms with Gasteiger partial charge >= 0.3 is 0 Å². The number of carbonyl (C=O) groups is 2. The van der Waals surface area contributed by atoms with Crippen LogP contribution >= 0.6 is 27.7 Å². The van der Waals surface area contributed by atoms with Crippen molar-refractivity contribution in [3.8, 4) is 0 Å². The van der Waals surface area contributed by atoms with Gasteiger partial charge in [-0.3, -0.25) is 9.59 Å². The third kappa shape index (κ3) is 8.51. The van der Waals surface area contributed by atoms with Crippen LogP contribution in [0.5, 0.6) is 0 Å². The Labute approximate surface area is 219 Å². The fraction of sp³-hybridized carbons (Fsp3) is 0.286. The molecule has 0 aromatic heterocycles. The van der Waals surface area contributed by atoms with Gasteiger partial charge in [-0.2, -0.15) is 0 Å². The average Bonchev–Trinajstić information content (AvgIpc) is 2.83. The Morgan fingerprint density at radius 1 is 0.943 bits per heavy atom. The molecular weight excluding hydrogens is 527 g/mol. The van der Waals surface area contributed by atoms with Gasteiger partial charge in [0.25, 0.3) is 0 Å². The number of nitrogens with zero attached hydrogens (tertiary/aromatic N) is 1. The Morgan fingerprint density at radius 2 is 1.60 bits per heavy atom. The highest BCUT2D eigenvalue weighted by Crippen LogP contribution is 2.20. The standard InChI is InChI=1S/C28H30BrFN2O2S/c1-20(2)31-28(34)26(16-21-8-4-3-5-9-21)32(17-23-10-6-7-11-25(23)30)27(33)19-35-18-22-12-14-24(29)15-13-22/h3-15,20,26H,16-19H2,1-2H3,(H,31,34)/t26-/m0/s1. The molecule has 2 amide bonds. The first-order valence-corrected chi connectivity index (χ1v) is 13.5. The van der Waals surface area contributed by atoms with Gasteiger partial charge in [0.15, 0.2) is 0 Å². The quantitative estimate of drug-likeness (QED) is 0.315. The van der Waals surface area contributed by atoms with Crippen LogP contribution < -0.4 is 5.32 Å². The number of hydrogen-bond acceptors (Lipinski definition) is 3. The van der Waals surface area contributed by atoms with Crippen LogP contribution in [-0.2, 0) is 28.3 Å². The van der Waals surface area contributed by atoms with E-state index in [0.29, 0.717) is 17.7 Å². The van der Waals surface area contributed by atoms with Crippen LogP contribution in [0.15, 0.2) is 83.3 Å². The smallest absolute Gasteiger partial charge is 0.243 e. The molecule has 0 aliphatic heterocycles. The summed E-state index contributed by atoms with van der Waals surface area (Å²) in [7, 11) is 0. The molecule has 184 valence electrons. The van der Waals surface area contributed by atoms with E-state index < -0.39 is 11.9 Å². The van der Waals surface area contributed by atoms with Gasteiger partial charge in [-0.1, -0.05) is 76.6 Å². The van der Waals surface area contributed by atoms with Crippen molar-refractivity contribution < 1.29 is 14.0 Å². The number of carbonyl (C=O) groups excluding carboxylic acids is 2. The largest absolute Gasteiger partial charge is 0.352 e. The summed E-state index contributed by atoms with van der Waals surface area (Å²) in [5, 5.41) is 2.95. The minimum atomic E-state index is -0.764. The van der Waals surface area contributed by atoms with Gasteiger partial charge in [0.2, 0.25) is 11.8 Å². The maximum atomic E-state index is 14.6. The second kappa shape index (κ2) is 13.4. The molecular formula is C28H30BrFN2O2S. The molecule has 0 spiro atoms. The van der Waals surface area contributed by atoms with E-state index >= 15 is 0 Å². The SMILES string of the molecule is CC(C)NC(=O)[C@H](Cc1ccccc1)N(Cc1ccccc1F)C(=O)CSCc1ccc(Br)cc1. The van der Waals surface area contributed by atoms with Crippen LogP contribution in [-0.4, -0.2) is 34.6 Å². The van der Waals surface area contributed by atoms with Crippen molar-refractivity contribution in [2.75, 3.05) is 5.75 Å². The predicted octanol–water partition coefficient (Wildman–Crippen LogP) is 5.99. The monoisotopic (exact) mass is 556 g/mol. The lowest BCUT2D eigenvalue weighted by Crippen LogP contribution is -2.52. The second-order valence-electron chi connectivity index (χ2n) is 8.60. The molecule has 7 heteroatoms. The number of hydrogen-bond donors (Lipinski definition) is 1. The summed E-state index contributed by atoms with van der Waals surface area (Å²) in [4.78, 5) is 28.3. The lowest BCUT2D eigenvalue weighted by Gasteiger charge is -2.32. The first-order chi connectivity index (χ1) is 16.8. The van der Waals surface area contributed by atoms with Gasteiger partial charge in [0.05, 0.1) is 5.75 Å². The first-order valence-electron chi connectivity index (χ1n) is 11.5. The summed E-state index contributed by atoms with van der Waals surface area (Å²) in [5.41, 5.74) is 2.42. The van der Waals surface area contributed by atoms with Crippen molar-refractivity contribution in [3.63, 3.8) is 0 Å². The van der Waals surface area contributed by atoms with Crippen molar-refractivity contribution in [1.82, 2.24) is 10.2 Å². The summed E-state index contributed by atoms with van der Waals surface area (Å²) < 4.78 is 15.6. The predicted molar refractivity (Wildman–Crippen MR) is 144 cm³/mol.